The molecule has 1 aliphatic rings. The van der Waals surface area contributed by atoms with Gasteiger partial charge in [0.25, 0.3) is 0 Å². The molecular formula is C14H29NO. The fraction of sp³-hybridized carbons (Fsp3) is 1.00. The molecular weight excluding hydrogens is 198 g/mol. The van der Waals surface area contributed by atoms with E-state index in [1.165, 1.54) is 0 Å². The van der Waals surface area contributed by atoms with Crippen molar-refractivity contribution in [1.82, 2.24) is 4.90 Å². The summed E-state index contributed by atoms with van der Waals surface area (Å²) >= 11 is 0. The minimum absolute atomic E-state index is 0.0454. The first-order chi connectivity index (χ1) is 6.82. The summed E-state index contributed by atoms with van der Waals surface area (Å²) in [5.41, 5.74) is -0.553. The van der Waals surface area contributed by atoms with Crippen molar-refractivity contribution in [3.63, 3.8) is 0 Å². The number of aliphatic hydroxyl groups is 1. The Morgan fingerprint density at radius 1 is 0.938 bits per heavy atom. The Balaban J connectivity index is 3.13. The van der Waals surface area contributed by atoms with E-state index in [9.17, 15) is 5.11 Å². The molecule has 0 spiro atoms. The Kier molecular flexibility index (Phi) is 3.02. The second kappa shape index (κ2) is 3.46. The summed E-state index contributed by atoms with van der Waals surface area (Å²) in [5.74, 6) is 0. The first kappa shape index (κ1) is 14.0. The number of hydrogen-bond donors (Lipinski definition) is 1. The Morgan fingerprint density at radius 2 is 1.25 bits per heavy atom. The summed E-state index contributed by atoms with van der Waals surface area (Å²) in [6, 6.07) is 0. The number of hydrogen-bond acceptors (Lipinski definition) is 2. The number of likely N-dealkylation sites (tertiary alicyclic amines) is 1. The van der Waals surface area contributed by atoms with E-state index in [1.807, 2.05) is 0 Å². The minimum atomic E-state index is -0.577. The number of nitrogens with zero attached hydrogens (tertiary/aromatic N) is 1. The molecule has 0 saturated carbocycles. The van der Waals surface area contributed by atoms with E-state index < -0.39 is 5.60 Å². The van der Waals surface area contributed by atoms with Crippen LogP contribution in [0.5, 0.6) is 0 Å². The highest BCUT2D eigenvalue weighted by atomic mass is 16.3. The maximum atomic E-state index is 11.0. The smallest absolute Gasteiger partial charge is 0.0730 e. The highest BCUT2D eigenvalue weighted by Crippen LogP contribution is 2.49. The highest BCUT2D eigenvalue weighted by molar-refractivity contribution is 5.08. The van der Waals surface area contributed by atoms with Gasteiger partial charge in [0.05, 0.1) is 5.60 Å². The average molecular weight is 227 g/mol. The summed E-state index contributed by atoms with van der Waals surface area (Å²) in [7, 11) is 2.17. The van der Waals surface area contributed by atoms with Gasteiger partial charge >= 0.3 is 0 Å². The van der Waals surface area contributed by atoms with Gasteiger partial charge in [0.2, 0.25) is 0 Å². The molecule has 2 heteroatoms. The van der Waals surface area contributed by atoms with Crippen LogP contribution in [-0.4, -0.2) is 33.7 Å². The van der Waals surface area contributed by atoms with Crippen molar-refractivity contribution >= 4 is 0 Å². The van der Waals surface area contributed by atoms with E-state index in [0.29, 0.717) is 0 Å². The van der Waals surface area contributed by atoms with Crippen LogP contribution in [0.1, 0.15) is 61.3 Å². The van der Waals surface area contributed by atoms with Gasteiger partial charge in [-0.3, -0.25) is 4.90 Å². The molecule has 1 saturated heterocycles. The second-order valence-corrected chi connectivity index (χ2v) is 7.82. The zero-order valence-electron chi connectivity index (χ0n) is 12.3. The van der Waals surface area contributed by atoms with E-state index in [4.69, 9.17) is 0 Å². The lowest BCUT2D eigenvalue weighted by atomic mass is 9.61. The molecule has 0 unspecified atom stereocenters. The van der Waals surface area contributed by atoms with E-state index >= 15 is 0 Å². The lowest BCUT2D eigenvalue weighted by molar-refractivity contribution is -0.171. The van der Waals surface area contributed by atoms with Gasteiger partial charge in [-0.05, 0) is 53.0 Å². The topological polar surface area (TPSA) is 23.5 Å². The van der Waals surface area contributed by atoms with Gasteiger partial charge in [-0.15, -0.1) is 0 Å². The van der Waals surface area contributed by atoms with Gasteiger partial charge in [-0.2, -0.15) is 0 Å². The van der Waals surface area contributed by atoms with Crippen LogP contribution in [0, 0.1) is 5.41 Å². The van der Waals surface area contributed by atoms with Crippen molar-refractivity contribution in [3.05, 3.63) is 0 Å². The Labute approximate surface area is 101 Å². The van der Waals surface area contributed by atoms with Crippen molar-refractivity contribution in [2.24, 2.45) is 5.41 Å². The Morgan fingerprint density at radius 3 is 1.50 bits per heavy atom. The normalized spacial score (nSPS) is 29.1. The summed E-state index contributed by atoms with van der Waals surface area (Å²) in [5, 5.41) is 11.0. The van der Waals surface area contributed by atoms with Gasteiger partial charge in [0.1, 0.15) is 0 Å². The van der Waals surface area contributed by atoms with Crippen LogP contribution in [0.25, 0.3) is 0 Å². The molecule has 0 radical (unpaired) electrons. The maximum Gasteiger partial charge on any atom is 0.0730 e. The number of rotatable bonds is 0. The lowest BCUT2D eigenvalue weighted by Gasteiger charge is -2.60. The zero-order chi connectivity index (χ0) is 13.0. The number of piperidine rings is 1. The third-order valence-electron chi connectivity index (χ3n) is 4.66. The van der Waals surface area contributed by atoms with Gasteiger partial charge in [-0.1, -0.05) is 20.8 Å². The summed E-state index contributed by atoms with van der Waals surface area (Å²) in [6.07, 6.45) is 1.67. The Bertz CT molecular complexity index is 255. The molecule has 1 N–H and O–H groups in total. The van der Waals surface area contributed by atoms with Crippen molar-refractivity contribution in [1.29, 1.82) is 0 Å². The fourth-order valence-electron chi connectivity index (χ4n) is 3.08. The molecule has 0 bridgehead atoms. The van der Waals surface area contributed by atoms with Crippen LogP contribution in [-0.2, 0) is 0 Å². The maximum absolute atomic E-state index is 11.0. The molecule has 0 atom stereocenters. The van der Waals surface area contributed by atoms with E-state index in [0.717, 1.165) is 12.8 Å². The van der Waals surface area contributed by atoms with E-state index in [-0.39, 0.29) is 16.5 Å². The van der Waals surface area contributed by atoms with Gasteiger partial charge in [0, 0.05) is 11.1 Å². The van der Waals surface area contributed by atoms with Gasteiger partial charge in [-0.25, -0.2) is 0 Å². The molecule has 0 aromatic heterocycles. The third kappa shape index (κ3) is 2.14. The van der Waals surface area contributed by atoms with Crippen LogP contribution in [0.3, 0.4) is 0 Å². The second-order valence-electron chi connectivity index (χ2n) is 7.82. The molecule has 16 heavy (non-hydrogen) atoms. The van der Waals surface area contributed by atoms with Crippen LogP contribution in [0.4, 0.5) is 0 Å². The predicted octanol–water partition coefficient (Wildman–Crippen LogP) is 3.05. The van der Waals surface area contributed by atoms with Gasteiger partial charge in [0.15, 0.2) is 0 Å². The molecule has 1 heterocycles. The van der Waals surface area contributed by atoms with E-state index in [2.05, 4.69) is 60.4 Å². The first-order valence-electron chi connectivity index (χ1n) is 6.28. The largest absolute Gasteiger partial charge is 0.389 e. The summed E-state index contributed by atoms with van der Waals surface area (Å²) < 4.78 is 0. The standard InChI is InChI=1S/C14H29NO/c1-11(2,3)14(16)9-12(4,5)15(8)13(6,7)10-14/h16H,9-10H2,1-8H3. The van der Waals surface area contributed by atoms with Crippen LogP contribution in [0.2, 0.25) is 0 Å². The van der Waals surface area contributed by atoms with Crippen molar-refractivity contribution in [2.75, 3.05) is 7.05 Å². The molecule has 0 aromatic carbocycles. The van der Waals surface area contributed by atoms with Gasteiger partial charge < -0.3 is 5.11 Å². The van der Waals surface area contributed by atoms with Crippen LogP contribution in [0.15, 0.2) is 0 Å². The lowest BCUT2D eigenvalue weighted by Crippen LogP contribution is -2.66. The fourth-order valence-corrected chi connectivity index (χ4v) is 3.08. The molecule has 1 fully saturated rings. The van der Waals surface area contributed by atoms with Crippen LogP contribution < -0.4 is 0 Å². The third-order valence-corrected chi connectivity index (χ3v) is 4.66. The Hall–Kier alpha value is -0.0800. The molecule has 2 nitrogen and oxygen atoms in total. The predicted molar refractivity (Wildman–Crippen MR) is 69.6 cm³/mol. The van der Waals surface area contributed by atoms with Crippen molar-refractivity contribution in [2.45, 2.75) is 78.0 Å². The molecule has 0 aromatic rings. The van der Waals surface area contributed by atoms with Crippen LogP contribution >= 0.6 is 0 Å². The van der Waals surface area contributed by atoms with Crippen molar-refractivity contribution < 1.29 is 5.11 Å². The molecule has 1 aliphatic heterocycles. The first-order valence-corrected chi connectivity index (χ1v) is 6.28. The highest BCUT2D eigenvalue weighted by Gasteiger charge is 2.54. The zero-order valence-corrected chi connectivity index (χ0v) is 12.3. The minimum Gasteiger partial charge on any atom is -0.389 e. The molecule has 96 valence electrons. The molecule has 0 amide bonds. The van der Waals surface area contributed by atoms with Crippen molar-refractivity contribution in [3.8, 4) is 0 Å². The summed E-state index contributed by atoms with van der Waals surface area (Å²) in [6.45, 7) is 15.3. The average Bonchev–Trinajstić information content (AvgIpc) is 1.96. The quantitative estimate of drug-likeness (QED) is 0.687. The molecule has 1 rings (SSSR count). The molecule has 0 aliphatic carbocycles. The monoisotopic (exact) mass is 227 g/mol. The summed E-state index contributed by atoms with van der Waals surface area (Å²) in [4.78, 5) is 2.40. The van der Waals surface area contributed by atoms with E-state index in [1.54, 1.807) is 0 Å². The SMILES string of the molecule is CN1C(C)(C)CC(O)(C(C)(C)C)CC1(C)C.